The van der Waals surface area contributed by atoms with Crippen LogP contribution in [-0.2, 0) is 0 Å². The zero-order chi connectivity index (χ0) is 23.5. The molecule has 8 nitrogen and oxygen atoms in total. The van der Waals surface area contributed by atoms with E-state index in [1.165, 1.54) is 6.07 Å². The number of nitrogens with zero attached hydrogens (tertiary/aromatic N) is 6. The summed E-state index contributed by atoms with van der Waals surface area (Å²) in [5.41, 5.74) is 1.16. The maximum Gasteiger partial charge on any atom is 0.256 e. The predicted octanol–water partition coefficient (Wildman–Crippen LogP) is 4.66. The lowest BCUT2D eigenvalue weighted by atomic mass is 10.00. The quantitative estimate of drug-likeness (QED) is 0.432. The minimum absolute atomic E-state index is 0.0893. The van der Waals surface area contributed by atoms with Gasteiger partial charge in [0.1, 0.15) is 0 Å². The number of para-hydroxylation sites is 1. The fourth-order valence-electron chi connectivity index (χ4n) is 4.06. The molecule has 0 unspecified atom stereocenters. The largest absolute Gasteiger partial charge is 0.436 e. The van der Waals surface area contributed by atoms with Crippen molar-refractivity contribution in [2.45, 2.75) is 32.2 Å². The van der Waals surface area contributed by atoms with Gasteiger partial charge in [0, 0.05) is 36.9 Å². The number of likely N-dealkylation sites (tertiary alicyclic amines) is 1. The highest BCUT2D eigenvalue weighted by Crippen LogP contribution is 2.32. The number of hydrogen-bond acceptors (Lipinski definition) is 6. The molecule has 1 aromatic carbocycles. The third-order valence-corrected chi connectivity index (χ3v) is 5.69. The zero-order valence-electron chi connectivity index (χ0n) is 18.6. The molecule has 1 aliphatic heterocycles. The van der Waals surface area contributed by atoms with Crippen molar-refractivity contribution < 1.29 is 13.9 Å². The lowest BCUT2D eigenvalue weighted by Crippen LogP contribution is -2.39. The van der Waals surface area contributed by atoms with Gasteiger partial charge in [-0.15, -0.1) is 0 Å². The molecule has 0 radical (unpaired) electrons. The first kappa shape index (κ1) is 21.7. The summed E-state index contributed by atoms with van der Waals surface area (Å²) in [6, 6.07) is 12.8. The summed E-state index contributed by atoms with van der Waals surface area (Å²) in [5, 5.41) is 4.16. The summed E-state index contributed by atoms with van der Waals surface area (Å²) in [7, 11) is 0. The van der Waals surface area contributed by atoms with Crippen molar-refractivity contribution >= 4 is 5.91 Å². The number of hydrogen-bond donors (Lipinski definition) is 0. The number of aryl methyl sites for hydroxylation is 1. The van der Waals surface area contributed by atoms with Gasteiger partial charge >= 0.3 is 0 Å². The number of benzene rings is 1. The van der Waals surface area contributed by atoms with Gasteiger partial charge in [-0.3, -0.25) is 4.79 Å². The van der Waals surface area contributed by atoms with Crippen molar-refractivity contribution in [3.63, 3.8) is 0 Å². The van der Waals surface area contributed by atoms with E-state index < -0.39 is 5.82 Å². The molecule has 1 atom stereocenters. The third-order valence-electron chi connectivity index (χ3n) is 5.69. The molecule has 5 rings (SSSR count). The van der Waals surface area contributed by atoms with Gasteiger partial charge in [-0.1, -0.05) is 12.1 Å². The van der Waals surface area contributed by atoms with Gasteiger partial charge in [0.2, 0.25) is 5.88 Å². The summed E-state index contributed by atoms with van der Waals surface area (Å²) in [4.78, 5) is 28.7. The molecular weight excluding hydrogens is 435 g/mol. The highest BCUT2D eigenvalue weighted by Gasteiger charge is 2.31. The molecule has 0 saturated carbocycles. The van der Waals surface area contributed by atoms with Crippen molar-refractivity contribution in [3.8, 4) is 17.4 Å². The maximum atomic E-state index is 14.1. The van der Waals surface area contributed by atoms with Crippen molar-refractivity contribution in [1.29, 1.82) is 0 Å². The van der Waals surface area contributed by atoms with Crippen molar-refractivity contribution in [2.75, 3.05) is 6.54 Å². The van der Waals surface area contributed by atoms with Crippen LogP contribution >= 0.6 is 0 Å². The highest BCUT2D eigenvalue weighted by atomic mass is 19.1. The van der Waals surface area contributed by atoms with E-state index in [4.69, 9.17) is 4.74 Å². The SMILES string of the molecule is Cc1cc(Oc2ccccc2F)nc([C@@H]2CCCCN2C(=O)c2ccc(-n3cccn3)nc2)n1. The molecule has 3 aromatic heterocycles. The standard InChI is InChI=1S/C25H23FN6O2/c1-17-15-23(34-21-9-3-2-7-19(21)26)30-24(29-17)20-8-4-5-13-31(20)25(33)18-10-11-22(27-16-18)32-14-6-12-28-32/h2-3,6-7,9-12,14-16,20H,4-5,8,13H2,1H3/t20-/m0/s1. The highest BCUT2D eigenvalue weighted by molar-refractivity contribution is 5.94. The summed E-state index contributed by atoms with van der Waals surface area (Å²) < 4.78 is 21.4. The van der Waals surface area contributed by atoms with Gasteiger partial charge in [-0.2, -0.15) is 10.1 Å². The van der Waals surface area contributed by atoms with Crippen LogP contribution in [0, 0.1) is 12.7 Å². The van der Waals surface area contributed by atoms with Crippen LogP contribution in [0.15, 0.2) is 67.1 Å². The average molecular weight is 458 g/mol. The number of rotatable bonds is 5. The second kappa shape index (κ2) is 9.38. The molecule has 4 aromatic rings. The topological polar surface area (TPSA) is 86.0 Å². The molecule has 0 aliphatic carbocycles. The third kappa shape index (κ3) is 4.50. The fourth-order valence-corrected chi connectivity index (χ4v) is 4.06. The second-order valence-corrected chi connectivity index (χ2v) is 8.10. The Labute approximate surface area is 196 Å². The lowest BCUT2D eigenvalue weighted by Gasteiger charge is -2.35. The van der Waals surface area contributed by atoms with Crippen molar-refractivity contribution in [3.05, 3.63) is 90.0 Å². The van der Waals surface area contributed by atoms with E-state index >= 15 is 0 Å². The fraction of sp³-hybridized carbons (Fsp3) is 0.240. The molecule has 34 heavy (non-hydrogen) atoms. The van der Waals surface area contributed by atoms with Crippen LogP contribution in [0.3, 0.4) is 0 Å². The molecule has 1 fully saturated rings. The number of halogens is 1. The maximum absolute atomic E-state index is 14.1. The van der Waals surface area contributed by atoms with E-state index in [9.17, 15) is 9.18 Å². The van der Waals surface area contributed by atoms with E-state index in [-0.39, 0.29) is 23.6 Å². The van der Waals surface area contributed by atoms with Crippen LogP contribution in [0.25, 0.3) is 5.82 Å². The Balaban J connectivity index is 1.41. The number of aromatic nitrogens is 5. The Morgan fingerprint density at radius 1 is 1.12 bits per heavy atom. The molecule has 9 heteroatoms. The minimum atomic E-state index is -0.471. The number of piperidine rings is 1. The van der Waals surface area contributed by atoms with Crippen LogP contribution in [0.2, 0.25) is 0 Å². The molecule has 1 aliphatic rings. The van der Waals surface area contributed by atoms with Gasteiger partial charge in [0.15, 0.2) is 23.2 Å². The second-order valence-electron chi connectivity index (χ2n) is 8.10. The van der Waals surface area contributed by atoms with Crippen LogP contribution in [0.1, 0.15) is 47.2 Å². The Kier molecular flexibility index (Phi) is 5.99. The van der Waals surface area contributed by atoms with Gasteiger partial charge in [-0.05, 0) is 56.5 Å². The Bertz CT molecular complexity index is 1290. The van der Waals surface area contributed by atoms with E-state index in [1.54, 1.807) is 64.6 Å². The summed E-state index contributed by atoms with van der Waals surface area (Å²) in [5.74, 6) is 0.850. The minimum Gasteiger partial charge on any atom is -0.436 e. The van der Waals surface area contributed by atoms with Crippen molar-refractivity contribution in [1.82, 2.24) is 29.6 Å². The van der Waals surface area contributed by atoms with Crippen LogP contribution < -0.4 is 4.74 Å². The molecule has 0 spiro atoms. The average Bonchev–Trinajstić information content (AvgIpc) is 3.40. The normalized spacial score (nSPS) is 15.8. The Morgan fingerprint density at radius 2 is 2.00 bits per heavy atom. The van der Waals surface area contributed by atoms with Gasteiger partial charge in [0.25, 0.3) is 5.91 Å². The first-order chi connectivity index (χ1) is 16.6. The van der Waals surface area contributed by atoms with Crippen LogP contribution in [0.4, 0.5) is 4.39 Å². The number of ether oxygens (including phenoxy) is 1. The number of carbonyl (C=O) groups is 1. The van der Waals surface area contributed by atoms with Crippen molar-refractivity contribution in [2.24, 2.45) is 0 Å². The van der Waals surface area contributed by atoms with Gasteiger partial charge in [0.05, 0.1) is 11.6 Å². The molecular formula is C25H23FN6O2. The number of amides is 1. The van der Waals surface area contributed by atoms with Crippen LogP contribution in [-0.4, -0.2) is 42.1 Å². The lowest BCUT2D eigenvalue weighted by molar-refractivity contribution is 0.0598. The van der Waals surface area contributed by atoms with Gasteiger partial charge < -0.3 is 9.64 Å². The molecule has 1 saturated heterocycles. The molecule has 4 heterocycles. The Hall–Kier alpha value is -4.14. The van der Waals surface area contributed by atoms with Gasteiger partial charge in [-0.25, -0.2) is 19.0 Å². The van der Waals surface area contributed by atoms with E-state index in [0.29, 0.717) is 29.4 Å². The molecule has 0 N–H and O–H groups in total. The smallest absolute Gasteiger partial charge is 0.256 e. The summed E-state index contributed by atoms with van der Waals surface area (Å²) >= 11 is 0. The monoisotopic (exact) mass is 458 g/mol. The van der Waals surface area contributed by atoms with E-state index in [2.05, 4.69) is 20.1 Å². The summed E-state index contributed by atoms with van der Waals surface area (Å²) in [6.45, 7) is 2.41. The van der Waals surface area contributed by atoms with Crippen LogP contribution in [0.5, 0.6) is 11.6 Å². The summed E-state index contributed by atoms with van der Waals surface area (Å²) in [6.07, 6.45) is 7.60. The molecule has 1 amide bonds. The van der Waals surface area contributed by atoms with E-state index in [1.807, 2.05) is 13.0 Å². The number of carbonyl (C=O) groups excluding carboxylic acids is 1. The first-order valence-electron chi connectivity index (χ1n) is 11.1. The Morgan fingerprint density at radius 3 is 2.76 bits per heavy atom. The zero-order valence-corrected chi connectivity index (χ0v) is 18.6. The molecule has 172 valence electrons. The molecule has 0 bridgehead atoms. The predicted molar refractivity (Wildman–Crippen MR) is 122 cm³/mol. The van der Waals surface area contributed by atoms with E-state index in [0.717, 1.165) is 19.3 Å². The first-order valence-corrected chi connectivity index (χ1v) is 11.1. The number of pyridine rings is 1.